The number of hydrogen-bond donors (Lipinski definition) is 3. The van der Waals surface area contributed by atoms with Crippen molar-refractivity contribution in [2.24, 2.45) is 0 Å². The minimum Gasteiger partial charge on any atom is -0.291 e. The fraction of sp³-hybridized carbons (Fsp3) is 0.267. The number of amides is 1. The van der Waals surface area contributed by atoms with E-state index in [1.165, 1.54) is 18.2 Å². The number of rotatable bonds is 5. The zero-order valence-corrected chi connectivity index (χ0v) is 12.7. The molecule has 0 atom stereocenters. The average Bonchev–Trinajstić information content (AvgIpc) is 2.52. The quantitative estimate of drug-likeness (QED) is 0.727. The Bertz CT molecular complexity index is 787. The van der Waals surface area contributed by atoms with Gasteiger partial charge < -0.3 is 0 Å². The van der Waals surface area contributed by atoms with Crippen LogP contribution in [0.25, 0.3) is 0 Å². The number of aromatic amines is 1. The number of hydrogen-bond acceptors (Lipinski definition) is 4. The van der Waals surface area contributed by atoms with Crippen LogP contribution in [-0.2, 0) is 23.8 Å². The molecule has 6 nitrogen and oxygen atoms in total. The normalized spacial score (nSPS) is 11.2. The van der Waals surface area contributed by atoms with Crippen LogP contribution in [-0.4, -0.2) is 15.9 Å². The monoisotopic (exact) mass is 340 g/mol. The molecule has 0 aliphatic rings. The van der Waals surface area contributed by atoms with Crippen molar-refractivity contribution in [1.82, 2.24) is 15.4 Å². The Morgan fingerprint density at radius 2 is 2.04 bits per heavy atom. The van der Waals surface area contributed by atoms with Gasteiger partial charge in [-0.3, -0.25) is 25.4 Å². The summed E-state index contributed by atoms with van der Waals surface area (Å²) in [6, 6.07) is 5.84. The Balaban J connectivity index is 1.99. The number of anilines is 1. The number of carbonyl (C=O) groups is 1. The summed E-state index contributed by atoms with van der Waals surface area (Å²) in [6.45, 7) is 1.82. The van der Waals surface area contributed by atoms with Crippen LogP contribution >= 0.6 is 0 Å². The summed E-state index contributed by atoms with van der Waals surface area (Å²) in [5.74, 6) is -0.518. The molecule has 2 rings (SSSR count). The Labute approximate surface area is 135 Å². The van der Waals surface area contributed by atoms with E-state index < -0.39 is 17.6 Å². The molecule has 1 heterocycles. The minimum absolute atomic E-state index is 0.0525. The molecule has 0 unspecified atom stereocenters. The number of aromatic nitrogens is 2. The first kappa shape index (κ1) is 17.5. The summed E-state index contributed by atoms with van der Waals surface area (Å²) < 4.78 is 37.9. The van der Waals surface area contributed by atoms with Crippen molar-refractivity contribution in [3.63, 3.8) is 0 Å². The fourth-order valence-corrected chi connectivity index (χ4v) is 1.96. The first-order valence-corrected chi connectivity index (χ1v) is 7.09. The van der Waals surface area contributed by atoms with Crippen LogP contribution in [0.5, 0.6) is 0 Å². The second-order valence-electron chi connectivity index (χ2n) is 4.99. The molecule has 1 aromatic heterocycles. The van der Waals surface area contributed by atoms with Crippen molar-refractivity contribution in [3.8, 4) is 0 Å². The van der Waals surface area contributed by atoms with Gasteiger partial charge in [-0.05, 0) is 18.1 Å². The third kappa shape index (κ3) is 4.83. The van der Waals surface area contributed by atoms with Gasteiger partial charge in [-0.25, -0.2) is 4.98 Å². The maximum atomic E-state index is 12.6. The van der Waals surface area contributed by atoms with Gasteiger partial charge in [0.05, 0.1) is 12.0 Å². The van der Waals surface area contributed by atoms with E-state index in [4.69, 9.17) is 0 Å². The Hall–Kier alpha value is -2.84. The van der Waals surface area contributed by atoms with Crippen LogP contribution in [0.15, 0.2) is 35.1 Å². The van der Waals surface area contributed by atoms with E-state index in [0.29, 0.717) is 12.1 Å². The number of H-pyrrole nitrogens is 1. The van der Waals surface area contributed by atoms with Crippen molar-refractivity contribution in [1.29, 1.82) is 0 Å². The zero-order chi connectivity index (χ0) is 17.7. The lowest BCUT2D eigenvalue weighted by Gasteiger charge is -2.10. The highest BCUT2D eigenvalue weighted by Crippen LogP contribution is 2.29. The molecular formula is C15H15F3N4O2. The standard InChI is InChI=1S/C15H15F3N4O2/c1-2-11-8-12(23)20-14(19-11)22-21-13(24)7-9-4-3-5-10(6-9)15(16,17)18/h3-6,8H,2,7H2,1H3,(H,21,24)(H2,19,20,22,23). The highest BCUT2D eigenvalue weighted by atomic mass is 19.4. The third-order valence-corrected chi connectivity index (χ3v) is 3.10. The van der Waals surface area contributed by atoms with Crippen molar-refractivity contribution in [2.75, 3.05) is 5.43 Å². The molecule has 0 saturated carbocycles. The summed E-state index contributed by atoms with van der Waals surface area (Å²) in [4.78, 5) is 29.6. The van der Waals surface area contributed by atoms with Gasteiger partial charge in [0.25, 0.3) is 5.56 Å². The molecule has 0 bridgehead atoms. The smallest absolute Gasteiger partial charge is 0.291 e. The fourth-order valence-electron chi connectivity index (χ4n) is 1.96. The highest BCUT2D eigenvalue weighted by Gasteiger charge is 2.30. The van der Waals surface area contributed by atoms with E-state index in [1.807, 2.05) is 6.92 Å². The second-order valence-corrected chi connectivity index (χ2v) is 4.99. The average molecular weight is 340 g/mol. The van der Waals surface area contributed by atoms with E-state index in [-0.39, 0.29) is 23.5 Å². The van der Waals surface area contributed by atoms with Gasteiger partial charge in [-0.15, -0.1) is 0 Å². The molecule has 0 saturated heterocycles. The Morgan fingerprint density at radius 1 is 1.29 bits per heavy atom. The summed E-state index contributed by atoms with van der Waals surface area (Å²) in [5, 5.41) is 0. The van der Waals surface area contributed by atoms with Crippen LogP contribution in [0.2, 0.25) is 0 Å². The molecule has 3 N–H and O–H groups in total. The molecule has 1 aromatic carbocycles. The Morgan fingerprint density at radius 3 is 2.71 bits per heavy atom. The van der Waals surface area contributed by atoms with Crippen LogP contribution in [0.1, 0.15) is 23.7 Å². The number of nitrogens with zero attached hydrogens (tertiary/aromatic N) is 1. The van der Waals surface area contributed by atoms with E-state index in [0.717, 1.165) is 12.1 Å². The van der Waals surface area contributed by atoms with E-state index in [2.05, 4.69) is 20.8 Å². The van der Waals surface area contributed by atoms with Gasteiger partial charge in [0.2, 0.25) is 11.9 Å². The summed E-state index contributed by atoms with van der Waals surface area (Å²) in [6.07, 6.45) is -4.18. The van der Waals surface area contributed by atoms with E-state index in [9.17, 15) is 22.8 Å². The predicted molar refractivity (Wildman–Crippen MR) is 81.1 cm³/mol. The molecule has 9 heteroatoms. The molecule has 128 valence electrons. The number of alkyl halides is 3. The summed E-state index contributed by atoms with van der Waals surface area (Å²) >= 11 is 0. The lowest BCUT2D eigenvalue weighted by atomic mass is 10.1. The van der Waals surface area contributed by atoms with Crippen LogP contribution < -0.4 is 16.4 Å². The molecule has 24 heavy (non-hydrogen) atoms. The van der Waals surface area contributed by atoms with E-state index in [1.54, 1.807) is 0 Å². The number of halogens is 3. The number of hydrazine groups is 1. The van der Waals surface area contributed by atoms with Crippen molar-refractivity contribution >= 4 is 11.9 Å². The maximum absolute atomic E-state index is 12.6. The van der Waals surface area contributed by atoms with Gasteiger partial charge >= 0.3 is 6.18 Å². The van der Waals surface area contributed by atoms with Crippen molar-refractivity contribution in [2.45, 2.75) is 25.9 Å². The molecule has 0 fully saturated rings. The summed E-state index contributed by atoms with van der Waals surface area (Å²) in [5.41, 5.74) is 4.27. The molecule has 0 aliphatic heterocycles. The van der Waals surface area contributed by atoms with Crippen molar-refractivity contribution in [3.05, 3.63) is 57.5 Å². The number of aryl methyl sites for hydroxylation is 1. The molecule has 0 spiro atoms. The van der Waals surface area contributed by atoms with Gasteiger partial charge in [0, 0.05) is 11.8 Å². The second kappa shape index (κ2) is 7.16. The third-order valence-electron chi connectivity index (χ3n) is 3.10. The molecule has 1 amide bonds. The number of benzene rings is 1. The first-order chi connectivity index (χ1) is 11.3. The predicted octanol–water partition coefficient (Wildman–Crippen LogP) is 2.04. The molecule has 0 aliphatic carbocycles. The van der Waals surface area contributed by atoms with Crippen LogP contribution in [0.3, 0.4) is 0 Å². The highest BCUT2D eigenvalue weighted by molar-refractivity contribution is 5.79. The van der Waals surface area contributed by atoms with Crippen molar-refractivity contribution < 1.29 is 18.0 Å². The summed E-state index contributed by atoms with van der Waals surface area (Å²) in [7, 11) is 0. The first-order valence-electron chi connectivity index (χ1n) is 7.09. The van der Waals surface area contributed by atoms with Gasteiger partial charge in [0.1, 0.15) is 0 Å². The molecule has 0 radical (unpaired) electrons. The van der Waals surface area contributed by atoms with Gasteiger partial charge in [0.15, 0.2) is 0 Å². The minimum atomic E-state index is -4.46. The lowest BCUT2D eigenvalue weighted by molar-refractivity contribution is -0.137. The molecule has 2 aromatic rings. The zero-order valence-electron chi connectivity index (χ0n) is 12.7. The molecular weight excluding hydrogens is 325 g/mol. The van der Waals surface area contributed by atoms with Crippen LogP contribution in [0, 0.1) is 0 Å². The number of nitrogens with one attached hydrogen (secondary N) is 3. The van der Waals surface area contributed by atoms with Gasteiger partial charge in [-0.2, -0.15) is 13.2 Å². The SMILES string of the molecule is CCc1cc(=O)[nH]c(NNC(=O)Cc2cccc(C(F)(F)F)c2)n1. The maximum Gasteiger partial charge on any atom is 0.416 e. The van der Waals surface area contributed by atoms with Gasteiger partial charge in [-0.1, -0.05) is 25.1 Å². The topological polar surface area (TPSA) is 86.9 Å². The van der Waals surface area contributed by atoms with E-state index >= 15 is 0 Å². The van der Waals surface area contributed by atoms with Crippen LogP contribution in [0.4, 0.5) is 19.1 Å². The Kier molecular flexibility index (Phi) is 5.22. The lowest BCUT2D eigenvalue weighted by Crippen LogP contribution is -2.32. The largest absolute Gasteiger partial charge is 0.416 e. The number of carbonyl (C=O) groups excluding carboxylic acids is 1.